The van der Waals surface area contributed by atoms with Crippen molar-refractivity contribution in [3.8, 4) is 0 Å². The molecule has 1 atom stereocenters. The molecule has 1 nitrogen and oxygen atoms in total. The summed E-state index contributed by atoms with van der Waals surface area (Å²) in [5.41, 5.74) is 4.68. The Morgan fingerprint density at radius 2 is 1.69 bits per heavy atom. The Balaban J connectivity index is 3.11. The van der Waals surface area contributed by atoms with E-state index in [0.29, 0.717) is 3.79 Å². The van der Waals surface area contributed by atoms with E-state index in [1.165, 1.54) is 0 Å². The molecule has 1 aromatic rings. The molecule has 0 aliphatic rings. The zero-order chi connectivity index (χ0) is 12.7. The highest BCUT2D eigenvalue weighted by Crippen LogP contribution is 2.46. The molecule has 0 fully saturated rings. The van der Waals surface area contributed by atoms with E-state index in [1.807, 2.05) is 0 Å². The van der Waals surface area contributed by atoms with Gasteiger partial charge >= 0.3 is 12.1 Å². The van der Waals surface area contributed by atoms with Crippen LogP contribution in [0.3, 0.4) is 0 Å². The molecule has 92 valence electrons. The Morgan fingerprint density at radius 3 is 2.00 bits per heavy atom. The van der Waals surface area contributed by atoms with Gasteiger partial charge in [-0.05, 0) is 37.9 Å². The number of hydrogen-bond acceptors (Lipinski definition) is 2. The average Bonchev–Trinajstić information content (AvgIpc) is 2.41. The monoisotopic (exact) mass is 387 g/mol. The standard InChI is InChI=1S/C7H4Br2F5NS/c8-3-1-2(5(9)16-3)4(15)6(10,11)7(12,13)14/h1,4H,15H2. The summed E-state index contributed by atoms with van der Waals surface area (Å²) in [6.07, 6.45) is -5.67. The largest absolute Gasteiger partial charge is 0.455 e. The van der Waals surface area contributed by atoms with E-state index >= 15 is 0 Å². The molecule has 1 unspecified atom stereocenters. The summed E-state index contributed by atoms with van der Waals surface area (Å²) in [4.78, 5) is 0. The van der Waals surface area contributed by atoms with Crippen LogP contribution in [0.5, 0.6) is 0 Å². The summed E-state index contributed by atoms with van der Waals surface area (Å²) < 4.78 is 62.6. The molecule has 1 aromatic heterocycles. The summed E-state index contributed by atoms with van der Waals surface area (Å²) in [5.74, 6) is -4.96. The SMILES string of the molecule is NC(c1cc(Br)sc1Br)C(F)(F)C(F)(F)F. The van der Waals surface area contributed by atoms with E-state index in [9.17, 15) is 22.0 Å². The zero-order valence-electron chi connectivity index (χ0n) is 7.29. The van der Waals surface area contributed by atoms with Crippen molar-refractivity contribution in [3.05, 3.63) is 19.2 Å². The van der Waals surface area contributed by atoms with Gasteiger partial charge in [-0.25, -0.2) is 0 Å². The summed E-state index contributed by atoms with van der Waals surface area (Å²) in [7, 11) is 0. The lowest BCUT2D eigenvalue weighted by Gasteiger charge is -2.25. The van der Waals surface area contributed by atoms with Crippen molar-refractivity contribution in [2.75, 3.05) is 0 Å². The van der Waals surface area contributed by atoms with Gasteiger partial charge in [0.1, 0.15) is 6.04 Å². The lowest BCUT2D eigenvalue weighted by molar-refractivity contribution is -0.291. The highest BCUT2D eigenvalue weighted by atomic mass is 79.9. The minimum absolute atomic E-state index is 0.149. The van der Waals surface area contributed by atoms with Gasteiger partial charge in [0.25, 0.3) is 0 Å². The molecule has 0 saturated heterocycles. The van der Waals surface area contributed by atoms with Crippen LogP contribution in [0, 0.1) is 0 Å². The second kappa shape index (κ2) is 4.51. The average molecular weight is 389 g/mol. The molecular formula is C7H4Br2F5NS. The summed E-state index contributed by atoms with van der Waals surface area (Å²) in [5, 5.41) is 0. The lowest BCUT2D eigenvalue weighted by Crippen LogP contribution is -2.45. The van der Waals surface area contributed by atoms with Crippen LogP contribution in [0.25, 0.3) is 0 Å². The molecule has 0 spiro atoms. The van der Waals surface area contributed by atoms with Crippen molar-refractivity contribution in [1.29, 1.82) is 0 Å². The predicted octanol–water partition coefficient (Wildman–Crippen LogP) is 4.47. The van der Waals surface area contributed by atoms with Gasteiger partial charge in [-0.3, -0.25) is 0 Å². The summed E-state index contributed by atoms with van der Waals surface area (Å²) in [6.45, 7) is 0. The number of thiophene rings is 1. The number of hydrogen-bond donors (Lipinski definition) is 1. The van der Waals surface area contributed by atoms with Gasteiger partial charge in [0, 0.05) is 5.56 Å². The van der Waals surface area contributed by atoms with E-state index < -0.39 is 18.1 Å². The highest BCUT2D eigenvalue weighted by Gasteiger charge is 2.62. The van der Waals surface area contributed by atoms with Crippen molar-refractivity contribution in [1.82, 2.24) is 0 Å². The molecule has 2 N–H and O–H groups in total. The fraction of sp³-hybridized carbons (Fsp3) is 0.429. The minimum atomic E-state index is -5.67. The fourth-order valence-electron chi connectivity index (χ4n) is 0.937. The third-order valence-corrected chi connectivity index (χ3v) is 4.17. The van der Waals surface area contributed by atoms with E-state index in [4.69, 9.17) is 5.73 Å². The van der Waals surface area contributed by atoms with Crippen LogP contribution in [0.15, 0.2) is 13.6 Å². The Bertz CT molecular complexity index is 389. The van der Waals surface area contributed by atoms with Gasteiger partial charge in [0.15, 0.2) is 0 Å². The second-order valence-electron chi connectivity index (χ2n) is 2.88. The molecule has 0 aromatic carbocycles. The van der Waals surface area contributed by atoms with Crippen molar-refractivity contribution < 1.29 is 22.0 Å². The maximum absolute atomic E-state index is 12.9. The highest BCUT2D eigenvalue weighted by molar-refractivity contribution is 9.12. The van der Waals surface area contributed by atoms with Crippen LogP contribution in [-0.2, 0) is 0 Å². The summed E-state index contributed by atoms with van der Waals surface area (Å²) >= 11 is 6.84. The molecule has 0 aliphatic carbocycles. The van der Waals surface area contributed by atoms with Gasteiger partial charge in [-0.1, -0.05) is 0 Å². The number of alkyl halides is 5. The first-order valence-electron chi connectivity index (χ1n) is 3.72. The Hall–Kier alpha value is 0.270. The van der Waals surface area contributed by atoms with Crippen LogP contribution in [0.1, 0.15) is 11.6 Å². The predicted molar refractivity (Wildman–Crippen MR) is 57.6 cm³/mol. The van der Waals surface area contributed by atoms with Crippen LogP contribution >= 0.6 is 43.2 Å². The van der Waals surface area contributed by atoms with Crippen LogP contribution in [0.4, 0.5) is 22.0 Å². The van der Waals surface area contributed by atoms with Crippen molar-refractivity contribution in [2.24, 2.45) is 5.73 Å². The first-order valence-corrected chi connectivity index (χ1v) is 6.12. The number of rotatable bonds is 2. The van der Waals surface area contributed by atoms with Crippen LogP contribution in [-0.4, -0.2) is 12.1 Å². The normalized spacial score (nSPS) is 15.2. The van der Waals surface area contributed by atoms with Crippen LogP contribution < -0.4 is 5.73 Å². The maximum atomic E-state index is 12.9. The molecule has 16 heavy (non-hydrogen) atoms. The molecule has 0 aliphatic heterocycles. The summed E-state index contributed by atoms with van der Waals surface area (Å²) in [6, 6.07) is -1.29. The number of nitrogens with two attached hydrogens (primary N) is 1. The third-order valence-electron chi connectivity index (χ3n) is 1.79. The van der Waals surface area contributed by atoms with Gasteiger partial charge in [-0.15, -0.1) is 11.3 Å². The first-order chi connectivity index (χ1) is 7.07. The lowest BCUT2D eigenvalue weighted by atomic mass is 10.0. The van der Waals surface area contributed by atoms with E-state index in [1.54, 1.807) is 0 Å². The molecule has 9 heteroatoms. The Kier molecular flexibility index (Phi) is 4.04. The Morgan fingerprint density at radius 1 is 1.19 bits per heavy atom. The van der Waals surface area contributed by atoms with Crippen molar-refractivity contribution in [3.63, 3.8) is 0 Å². The van der Waals surface area contributed by atoms with Gasteiger partial charge in [0.05, 0.1) is 7.57 Å². The zero-order valence-corrected chi connectivity index (χ0v) is 11.3. The molecule has 0 radical (unpaired) electrons. The van der Waals surface area contributed by atoms with Crippen LogP contribution in [0.2, 0.25) is 0 Å². The second-order valence-corrected chi connectivity index (χ2v) is 6.63. The molecule has 0 saturated carbocycles. The van der Waals surface area contributed by atoms with E-state index in [0.717, 1.165) is 17.4 Å². The smallest absolute Gasteiger partial charge is 0.319 e. The number of halogens is 7. The molecular weight excluding hydrogens is 385 g/mol. The topological polar surface area (TPSA) is 26.0 Å². The van der Waals surface area contributed by atoms with Gasteiger partial charge in [0.2, 0.25) is 0 Å². The van der Waals surface area contributed by atoms with Crippen molar-refractivity contribution >= 4 is 43.2 Å². The fourth-order valence-corrected chi connectivity index (χ4v) is 3.87. The quantitative estimate of drug-likeness (QED) is 0.743. The maximum Gasteiger partial charge on any atom is 0.455 e. The molecule has 0 bridgehead atoms. The van der Waals surface area contributed by atoms with E-state index in [-0.39, 0.29) is 9.35 Å². The van der Waals surface area contributed by atoms with Gasteiger partial charge < -0.3 is 5.73 Å². The van der Waals surface area contributed by atoms with Crippen molar-refractivity contribution in [2.45, 2.75) is 18.1 Å². The third kappa shape index (κ3) is 2.57. The minimum Gasteiger partial charge on any atom is -0.319 e. The molecule has 0 amide bonds. The molecule has 1 rings (SSSR count). The Labute approximate surface area is 108 Å². The van der Waals surface area contributed by atoms with Gasteiger partial charge in [-0.2, -0.15) is 22.0 Å². The molecule has 1 heterocycles. The van der Waals surface area contributed by atoms with E-state index in [2.05, 4.69) is 31.9 Å². The first kappa shape index (κ1) is 14.3.